The van der Waals surface area contributed by atoms with Crippen LogP contribution in [0.5, 0.6) is 0 Å². The largest absolute Gasteiger partial charge is 0.226 e. The second kappa shape index (κ2) is 11.8. The lowest BCUT2D eigenvalue weighted by Crippen LogP contribution is -1.77. The van der Waals surface area contributed by atoms with Crippen molar-refractivity contribution in [1.82, 2.24) is 0 Å². The van der Waals surface area contributed by atoms with Gasteiger partial charge < -0.3 is 0 Å². The van der Waals surface area contributed by atoms with E-state index in [1.807, 2.05) is 27.7 Å². The molecule has 0 aliphatic carbocycles. The number of hydrogen-bond donors (Lipinski definition) is 0. The van der Waals surface area contributed by atoms with Crippen molar-refractivity contribution in [3.63, 3.8) is 0 Å². The van der Waals surface area contributed by atoms with Gasteiger partial charge in [-0.05, 0) is 32.2 Å². The lowest BCUT2D eigenvalue weighted by atomic mass is 10.5. The van der Waals surface area contributed by atoms with Gasteiger partial charge in [0.1, 0.15) is 0 Å². The van der Waals surface area contributed by atoms with E-state index in [9.17, 15) is 0 Å². The van der Waals surface area contributed by atoms with Crippen molar-refractivity contribution in [3.8, 4) is 0 Å². The summed E-state index contributed by atoms with van der Waals surface area (Å²) in [5.41, 5.74) is 1.16. The first kappa shape index (κ1) is 12.7. The van der Waals surface area contributed by atoms with Crippen molar-refractivity contribution in [2.24, 2.45) is 4.40 Å². The minimum atomic E-state index is 1.14. The zero-order valence-corrected chi connectivity index (χ0v) is 8.59. The topological polar surface area (TPSA) is 12.4 Å². The highest BCUT2D eigenvalue weighted by Crippen LogP contribution is 2.02. The number of rotatable bonds is 3. The molecule has 0 fully saturated rings. The van der Waals surface area contributed by atoms with Gasteiger partial charge in [-0.3, -0.25) is 0 Å². The molecule has 0 unspecified atom stereocenters. The van der Waals surface area contributed by atoms with Crippen LogP contribution in [0.4, 0.5) is 0 Å². The second-order valence-corrected chi connectivity index (χ2v) is 2.72. The standard InChI is InChI=1S/C6H13NS.C2H6/c1-4-5-8-7-6(2)3;1-2/h4-5H2,1-3H3;1-2H3. The molecule has 0 amide bonds. The highest BCUT2D eigenvalue weighted by molar-refractivity contribution is 7.98. The van der Waals surface area contributed by atoms with E-state index >= 15 is 0 Å². The summed E-state index contributed by atoms with van der Waals surface area (Å²) in [5, 5.41) is 0. The molecule has 1 nitrogen and oxygen atoms in total. The monoisotopic (exact) mass is 161 g/mol. The molecule has 2 heteroatoms. The Kier molecular flexibility index (Phi) is 14.9. The van der Waals surface area contributed by atoms with Crippen LogP contribution in [0.25, 0.3) is 0 Å². The third-order valence-electron chi connectivity index (χ3n) is 0.543. The Morgan fingerprint density at radius 2 is 1.80 bits per heavy atom. The Balaban J connectivity index is 0. The minimum Gasteiger partial charge on any atom is -0.226 e. The first-order valence-corrected chi connectivity index (χ1v) is 4.84. The minimum absolute atomic E-state index is 1.14. The highest BCUT2D eigenvalue weighted by Gasteiger charge is 1.79. The fraction of sp³-hybridized carbons (Fsp3) is 0.875. The van der Waals surface area contributed by atoms with Gasteiger partial charge in [0, 0.05) is 11.5 Å². The predicted molar refractivity (Wildman–Crippen MR) is 52.9 cm³/mol. The van der Waals surface area contributed by atoms with E-state index in [2.05, 4.69) is 11.3 Å². The number of hydrogen-bond acceptors (Lipinski definition) is 2. The molecule has 0 heterocycles. The first-order valence-electron chi connectivity index (χ1n) is 3.90. The summed E-state index contributed by atoms with van der Waals surface area (Å²) in [6.07, 6.45) is 1.21. The lowest BCUT2D eigenvalue weighted by molar-refractivity contribution is 1.11. The summed E-state index contributed by atoms with van der Waals surface area (Å²) < 4.78 is 4.15. The van der Waals surface area contributed by atoms with Gasteiger partial charge in [-0.2, -0.15) is 0 Å². The predicted octanol–water partition coefficient (Wildman–Crippen LogP) is 3.55. The van der Waals surface area contributed by atoms with Gasteiger partial charge in [0.05, 0.1) is 0 Å². The summed E-state index contributed by atoms with van der Waals surface area (Å²) in [6.45, 7) is 10.2. The molecule has 0 aliphatic rings. The molecule has 0 N–H and O–H groups in total. The molecule has 62 valence electrons. The fourth-order valence-electron chi connectivity index (χ4n) is 0.266. The van der Waals surface area contributed by atoms with Gasteiger partial charge in [-0.25, -0.2) is 4.40 Å². The Morgan fingerprint density at radius 1 is 1.30 bits per heavy atom. The second-order valence-electron chi connectivity index (χ2n) is 1.87. The van der Waals surface area contributed by atoms with Gasteiger partial charge in [0.2, 0.25) is 0 Å². The van der Waals surface area contributed by atoms with Crippen molar-refractivity contribution in [3.05, 3.63) is 0 Å². The molecule has 0 aromatic carbocycles. The van der Waals surface area contributed by atoms with E-state index in [1.54, 1.807) is 11.9 Å². The third kappa shape index (κ3) is 15.7. The summed E-state index contributed by atoms with van der Waals surface area (Å²) >= 11 is 1.65. The van der Waals surface area contributed by atoms with Crippen molar-refractivity contribution in [2.75, 3.05) is 5.75 Å². The average Bonchev–Trinajstić information content (AvgIpc) is 1.92. The molecular formula is C8H19NS. The molecule has 0 atom stereocenters. The molecule has 0 aromatic rings. The van der Waals surface area contributed by atoms with Crippen LogP contribution < -0.4 is 0 Å². The van der Waals surface area contributed by atoms with E-state index in [-0.39, 0.29) is 0 Å². The SMILES string of the molecule is CC.CCCSN=C(C)C. The molecule has 0 rings (SSSR count). The van der Waals surface area contributed by atoms with Crippen molar-refractivity contribution in [2.45, 2.75) is 41.0 Å². The Bertz CT molecular complexity index is 75.3. The average molecular weight is 161 g/mol. The lowest BCUT2D eigenvalue weighted by Gasteiger charge is -1.88. The summed E-state index contributed by atoms with van der Waals surface area (Å²) in [4.78, 5) is 0. The smallest absolute Gasteiger partial charge is 0.0200 e. The van der Waals surface area contributed by atoms with Crippen LogP contribution in [0, 0.1) is 0 Å². The van der Waals surface area contributed by atoms with E-state index in [0.29, 0.717) is 0 Å². The van der Waals surface area contributed by atoms with Crippen molar-refractivity contribution in [1.29, 1.82) is 0 Å². The molecule has 0 aromatic heterocycles. The first-order chi connectivity index (χ1) is 4.77. The molecule has 0 saturated heterocycles. The van der Waals surface area contributed by atoms with Crippen molar-refractivity contribution >= 4 is 17.7 Å². The summed E-state index contributed by atoms with van der Waals surface area (Å²) in [5.74, 6) is 1.14. The van der Waals surface area contributed by atoms with Gasteiger partial charge in [0.25, 0.3) is 0 Å². The Hall–Kier alpha value is 0.0200. The Labute approximate surface area is 69.5 Å². The molecule has 0 bridgehead atoms. The third-order valence-corrected chi connectivity index (χ3v) is 1.63. The van der Waals surface area contributed by atoms with E-state index in [1.165, 1.54) is 6.42 Å². The molecule has 0 radical (unpaired) electrons. The summed E-state index contributed by atoms with van der Waals surface area (Å²) in [7, 11) is 0. The summed E-state index contributed by atoms with van der Waals surface area (Å²) in [6, 6.07) is 0. The maximum Gasteiger partial charge on any atom is 0.0200 e. The highest BCUT2D eigenvalue weighted by atomic mass is 32.2. The van der Waals surface area contributed by atoms with Crippen LogP contribution in [0.15, 0.2) is 4.40 Å². The van der Waals surface area contributed by atoms with Crippen LogP contribution in [-0.4, -0.2) is 11.5 Å². The molecule has 0 aliphatic heterocycles. The zero-order chi connectivity index (χ0) is 8.41. The van der Waals surface area contributed by atoms with Crippen LogP contribution in [0.2, 0.25) is 0 Å². The van der Waals surface area contributed by atoms with Crippen LogP contribution >= 0.6 is 11.9 Å². The van der Waals surface area contributed by atoms with Gasteiger partial charge >= 0.3 is 0 Å². The maximum atomic E-state index is 4.15. The molecule has 0 spiro atoms. The van der Waals surface area contributed by atoms with E-state index in [0.717, 1.165) is 11.5 Å². The molecule has 10 heavy (non-hydrogen) atoms. The van der Waals surface area contributed by atoms with Crippen LogP contribution in [0.3, 0.4) is 0 Å². The quantitative estimate of drug-likeness (QED) is 0.350. The maximum absolute atomic E-state index is 4.15. The number of nitrogens with zero attached hydrogens (tertiary/aromatic N) is 1. The molecule has 0 saturated carbocycles. The van der Waals surface area contributed by atoms with Gasteiger partial charge in [-0.1, -0.05) is 20.8 Å². The zero-order valence-electron chi connectivity index (χ0n) is 7.77. The van der Waals surface area contributed by atoms with Gasteiger partial charge in [-0.15, -0.1) is 0 Å². The normalized spacial score (nSPS) is 7.70. The van der Waals surface area contributed by atoms with Crippen LogP contribution in [0.1, 0.15) is 41.0 Å². The van der Waals surface area contributed by atoms with E-state index in [4.69, 9.17) is 0 Å². The van der Waals surface area contributed by atoms with Gasteiger partial charge in [0.15, 0.2) is 0 Å². The van der Waals surface area contributed by atoms with Crippen molar-refractivity contribution < 1.29 is 0 Å². The fourth-order valence-corrected chi connectivity index (χ4v) is 0.798. The molecular weight excluding hydrogens is 142 g/mol. The van der Waals surface area contributed by atoms with Crippen LogP contribution in [-0.2, 0) is 0 Å². The van der Waals surface area contributed by atoms with E-state index < -0.39 is 0 Å². The Morgan fingerprint density at radius 3 is 2.10 bits per heavy atom.